The summed E-state index contributed by atoms with van der Waals surface area (Å²) >= 11 is 10.8. The van der Waals surface area contributed by atoms with Crippen LogP contribution in [0.1, 0.15) is 18.1 Å². The molecular weight excluding hydrogens is 577 g/mol. The van der Waals surface area contributed by atoms with Crippen molar-refractivity contribution in [3.05, 3.63) is 88.7 Å². The van der Waals surface area contributed by atoms with Gasteiger partial charge in [0.2, 0.25) is 5.91 Å². The highest BCUT2D eigenvalue weighted by molar-refractivity contribution is 7.90. The molecule has 0 bridgehead atoms. The fourth-order valence-corrected chi connectivity index (χ4v) is 5.77. The van der Waals surface area contributed by atoms with Gasteiger partial charge in [0.25, 0.3) is 15.9 Å². The number of amides is 2. The van der Waals surface area contributed by atoms with Crippen molar-refractivity contribution in [3.8, 4) is 11.1 Å². The molecule has 0 unspecified atom stereocenters. The zero-order valence-electron chi connectivity index (χ0n) is 21.7. The first-order valence-electron chi connectivity index (χ1n) is 12.5. The van der Waals surface area contributed by atoms with E-state index in [1.165, 1.54) is 25.1 Å². The molecule has 2 atom stereocenters. The van der Waals surface area contributed by atoms with Crippen molar-refractivity contribution in [1.29, 1.82) is 0 Å². The molecule has 0 aliphatic rings. The van der Waals surface area contributed by atoms with E-state index < -0.39 is 28.0 Å². The van der Waals surface area contributed by atoms with Crippen molar-refractivity contribution in [2.45, 2.75) is 30.9 Å². The van der Waals surface area contributed by atoms with E-state index in [1.807, 2.05) is 4.72 Å². The van der Waals surface area contributed by atoms with E-state index in [0.29, 0.717) is 41.3 Å². The van der Waals surface area contributed by atoms with Gasteiger partial charge in [-0.05, 0) is 42.7 Å². The highest BCUT2D eigenvalue weighted by Gasteiger charge is 2.24. The fourth-order valence-electron chi connectivity index (χ4n) is 3.90. The number of carbonyl (C=O) groups excluding carboxylic acids is 2. The summed E-state index contributed by atoms with van der Waals surface area (Å²) in [6, 6.07) is 17.6. The molecule has 12 heteroatoms. The Morgan fingerprint density at radius 1 is 1.00 bits per heavy atom. The van der Waals surface area contributed by atoms with E-state index in [0.717, 1.165) is 5.56 Å². The summed E-state index contributed by atoms with van der Waals surface area (Å²) in [5, 5.41) is 15.7. The Labute approximate surface area is 243 Å². The SMILES string of the molecule is C[C@H](O)C(=O)NS(=O)(=O)c1ccccc1-c1ccc(CNCCNC(=O)[C@@H](CS)Cc2ccccc2F)cc1Cl. The number of sulfonamides is 1. The molecule has 214 valence electrons. The Balaban J connectivity index is 1.57. The van der Waals surface area contributed by atoms with Crippen LogP contribution in [0, 0.1) is 11.7 Å². The molecule has 0 saturated heterocycles. The van der Waals surface area contributed by atoms with Gasteiger partial charge in [0.1, 0.15) is 11.9 Å². The molecule has 0 aliphatic carbocycles. The number of nitrogens with one attached hydrogen (secondary N) is 3. The molecule has 0 heterocycles. The molecule has 0 saturated carbocycles. The Morgan fingerprint density at radius 2 is 1.70 bits per heavy atom. The summed E-state index contributed by atoms with van der Waals surface area (Å²) < 4.78 is 41.4. The van der Waals surface area contributed by atoms with Gasteiger partial charge in [-0.15, -0.1) is 0 Å². The molecule has 0 radical (unpaired) electrons. The van der Waals surface area contributed by atoms with Crippen molar-refractivity contribution in [3.63, 3.8) is 0 Å². The van der Waals surface area contributed by atoms with Crippen LogP contribution < -0.4 is 15.4 Å². The number of hydrogen-bond acceptors (Lipinski definition) is 7. The maximum atomic E-state index is 13.9. The molecule has 2 amide bonds. The van der Waals surface area contributed by atoms with E-state index >= 15 is 0 Å². The maximum Gasteiger partial charge on any atom is 0.264 e. The summed E-state index contributed by atoms with van der Waals surface area (Å²) in [4.78, 5) is 24.2. The number of thiol groups is 1. The van der Waals surface area contributed by atoms with E-state index in [4.69, 9.17) is 11.6 Å². The minimum atomic E-state index is -4.25. The first-order chi connectivity index (χ1) is 19.0. The molecule has 3 aromatic rings. The van der Waals surface area contributed by atoms with Gasteiger partial charge in [-0.2, -0.15) is 12.6 Å². The Morgan fingerprint density at radius 3 is 2.38 bits per heavy atom. The van der Waals surface area contributed by atoms with Crippen LogP contribution in [0.15, 0.2) is 71.6 Å². The Kier molecular flexibility index (Phi) is 11.5. The monoisotopic (exact) mass is 607 g/mol. The fraction of sp³-hybridized carbons (Fsp3) is 0.286. The minimum absolute atomic E-state index is 0.151. The Bertz CT molecular complexity index is 1450. The molecule has 3 aromatic carbocycles. The first-order valence-corrected chi connectivity index (χ1v) is 15.0. The zero-order valence-corrected chi connectivity index (χ0v) is 24.2. The summed E-state index contributed by atoms with van der Waals surface area (Å²) in [6.45, 7) is 2.43. The normalized spacial score (nSPS) is 12.9. The Hall–Kier alpha value is -2.96. The van der Waals surface area contributed by atoms with Crippen molar-refractivity contribution < 1.29 is 27.5 Å². The van der Waals surface area contributed by atoms with Crippen molar-refractivity contribution in [1.82, 2.24) is 15.4 Å². The van der Waals surface area contributed by atoms with Gasteiger partial charge in [0.15, 0.2) is 0 Å². The van der Waals surface area contributed by atoms with E-state index in [2.05, 4.69) is 23.3 Å². The van der Waals surface area contributed by atoms with Crippen LogP contribution >= 0.6 is 24.2 Å². The van der Waals surface area contributed by atoms with Crippen LogP contribution in [0.4, 0.5) is 4.39 Å². The van der Waals surface area contributed by atoms with Crippen LogP contribution in [0.25, 0.3) is 11.1 Å². The predicted molar refractivity (Wildman–Crippen MR) is 156 cm³/mol. The van der Waals surface area contributed by atoms with Crippen molar-refractivity contribution in [2.24, 2.45) is 5.92 Å². The van der Waals surface area contributed by atoms with Crippen LogP contribution in [-0.2, 0) is 32.6 Å². The topological polar surface area (TPSA) is 125 Å². The molecule has 0 spiro atoms. The average Bonchev–Trinajstić information content (AvgIpc) is 2.92. The number of hydrogen-bond donors (Lipinski definition) is 5. The highest BCUT2D eigenvalue weighted by atomic mass is 35.5. The lowest BCUT2D eigenvalue weighted by Gasteiger charge is -2.16. The number of benzene rings is 3. The molecule has 40 heavy (non-hydrogen) atoms. The lowest BCUT2D eigenvalue weighted by molar-refractivity contribution is -0.126. The van der Waals surface area contributed by atoms with Gasteiger partial charge in [-0.1, -0.05) is 60.1 Å². The molecule has 4 N–H and O–H groups in total. The van der Waals surface area contributed by atoms with E-state index in [1.54, 1.807) is 48.5 Å². The predicted octanol–water partition coefficient (Wildman–Crippen LogP) is 3.33. The number of aliphatic hydroxyl groups is 1. The van der Waals surface area contributed by atoms with Crippen LogP contribution in [0.5, 0.6) is 0 Å². The second-order valence-electron chi connectivity index (χ2n) is 9.10. The van der Waals surface area contributed by atoms with Gasteiger partial charge in [0.05, 0.1) is 10.8 Å². The molecule has 0 aromatic heterocycles. The lowest BCUT2D eigenvalue weighted by atomic mass is 10.00. The number of aliphatic hydroxyl groups excluding tert-OH is 1. The second kappa shape index (κ2) is 14.6. The van der Waals surface area contributed by atoms with Gasteiger partial charge >= 0.3 is 0 Å². The first kappa shape index (κ1) is 31.6. The molecule has 8 nitrogen and oxygen atoms in total. The molecule has 0 aliphatic heterocycles. The standard InChI is InChI=1S/C28H31ClFN3O5S2/c1-18(34)27(35)33-40(37,38)26-9-5-3-7-23(26)22-11-10-19(14-24(22)29)16-31-12-13-32-28(36)21(17-39)15-20-6-2-4-8-25(20)30/h2-11,14,18,21,31,34,39H,12-13,15-17H2,1H3,(H,32,36)(H,33,35)/t18-,21+/m0/s1. The van der Waals surface area contributed by atoms with Gasteiger partial charge in [-0.3, -0.25) is 9.59 Å². The van der Waals surface area contributed by atoms with Gasteiger partial charge in [-0.25, -0.2) is 17.5 Å². The van der Waals surface area contributed by atoms with Crippen LogP contribution in [0.3, 0.4) is 0 Å². The van der Waals surface area contributed by atoms with Crippen LogP contribution in [0.2, 0.25) is 5.02 Å². The average molecular weight is 608 g/mol. The third-order valence-electron chi connectivity index (χ3n) is 6.06. The van der Waals surface area contributed by atoms with Gasteiger partial charge < -0.3 is 15.7 Å². The molecule has 0 fully saturated rings. The summed E-state index contributed by atoms with van der Waals surface area (Å²) in [6.07, 6.45) is -1.23. The lowest BCUT2D eigenvalue weighted by Crippen LogP contribution is -2.37. The second-order valence-corrected chi connectivity index (χ2v) is 11.5. The zero-order chi connectivity index (χ0) is 29.3. The van der Waals surface area contributed by atoms with Crippen molar-refractivity contribution in [2.75, 3.05) is 18.8 Å². The third kappa shape index (κ3) is 8.52. The minimum Gasteiger partial charge on any atom is -0.384 e. The maximum absolute atomic E-state index is 13.9. The highest BCUT2D eigenvalue weighted by Crippen LogP contribution is 2.33. The molecule has 3 rings (SSSR count). The number of carbonyl (C=O) groups is 2. The summed E-state index contributed by atoms with van der Waals surface area (Å²) in [5.41, 5.74) is 2.06. The van der Waals surface area contributed by atoms with Crippen LogP contribution in [-0.4, -0.2) is 50.3 Å². The smallest absolute Gasteiger partial charge is 0.264 e. The van der Waals surface area contributed by atoms with Crippen molar-refractivity contribution >= 4 is 46.1 Å². The van der Waals surface area contributed by atoms with Gasteiger partial charge in [0, 0.05) is 41.5 Å². The number of halogens is 2. The van der Waals surface area contributed by atoms with E-state index in [9.17, 15) is 27.5 Å². The van der Waals surface area contributed by atoms with E-state index in [-0.39, 0.29) is 28.8 Å². The summed E-state index contributed by atoms with van der Waals surface area (Å²) in [7, 11) is -4.25. The quantitative estimate of drug-likeness (QED) is 0.150. The largest absolute Gasteiger partial charge is 0.384 e. The molecular formula is C28H31ClFN3O5S2. The number of rotatable bonds is 13. The summed E-state index contributed by atoms with van der Waals surface area (Å²) in [5.74, 6) is -1.76. The third-order valence-corrected chi connectivity index (χ3v) is 8.22.